The molecule has 0 aliphatic carbocycles. The zero-order valence-corrected chi connectivity index (χ0v) is 18.4. The summed E-state index contributed by atoms with van der Waals surface area (Å²) >= 11 is 0. The molecule has 1 aromatic carbocycles. The van der Waals surface area contributed by atoms with Crippen LogP contribution < -0.4 is 10.1 Å². The molecule has 0 spiro atoms. The number of aliphatic hydroxyl groups is 4. The van der Waals surface area contributed by atoms with Crippen molar-refractivity contribution in [1.82, 2.24) is 4.90 Å². The summed E-state index contributed by atoms with van der Waals surface area (Å²) in [5.74, 6) is 0.838. The lowest BCUT2D eigenvalue weighted by Gasteiger charge is -2.43. The topological polar surface area (TPSA) is 115 Å². The predicted molar refractivity (Wildman–Crippen MR) is 118 cm³/mol. The number of rotatable bonds is 11. The molecule has 0 amide bonds. The van der Waals surface area contributed by atoms with Crippen molar-refractivity contribution in [2.75, 3.05) is 45.3 Å². The zero-order valence-electron chi connectivity index (χ0n) is 18.4. The Kier molecular flexibility index (Phi) is 9.37. The lowest BCUT2D eigenvalue weighted by Crippen LogP contribution is -2.62. The van der Waals surface area contributed by atoms with E-state index in [1.165, 1.54) is 0 Å². The fourth-order valence-electron chi connectivity index (χ4n) is 4.53. The number of aliphatic hydroxyl groups excluding tert-OH is 4. The number of ether oxygens (including phenoxy) is 2. The Morgan fingerprint density at radius 3 is 2.61 bits per heavy atom. The van der Waals surface area contributed by atoms with Crippen LogP contribution in [0.15, 0.2) is 18.2 Å². The van der Waals surface area contributed by atoms with E-state index in [4.69, 9.17) is 9.47 Å². The number of anilines is 1. The van der Waals surface area contributed by atoms with E-state index < -0.39 is 24.4 Å². The van der Waals surface area contributed by atoms with Crippen LogP contribution in [0.1, 0.15) is 50.2 Å². The molecule has 2 saturated heterocycles. The third-order valence-electron chi connectivity index (χ3n) is 6.38. The Morgan fingerprint density at radius 2 is 1.90 bits per heavy atom. The van der Waals surface area contributed by atoms with Crippen LogP contribution >= 0.6 is 0 Å². The van der Waals surface area contributed by atoms with Crippen LogP contribution in [0.2, 0.25) is 0 Å². The summed E-state index contributed by atoms with van der Waals surface area (Å²) in [6, 6.07) is 5.68. The standard InChI is InChI=1S/C23H38N2O6/c1-30-18-12-16(21-7-6-10-31-21)11-17(13-18)24-8-4-2-3-5-9-25-14-20(27)23(29)22(28)19(25)15-26/h11-13,19-24,26-29H,2-10,14-15H2,1H3/t19-,20+,21?,22-,23-/m1/s1. The smallest absolute Gasteiger partial charge is 0.121 e. The number of nitrogens with zero attached hydrogens (tertiary/aromatic N) is 1. The Morgan fingerprint density at radius 1 is 1.10 bits per heavy atom. The Balaban J connectivity index is 1.36. The summed E-state index contributed by atoms with van der Waals surface area (Å²) in [7, 11) is 1.68. The summed E-state index contributed by atoms with van der Waals surface area (Å²) in [5, 5.41) is 42.7. The second-order valence-electron chi connectivity index (χ2n) is 8.63. The highest BCUT2D eigenvalue weighted by Crippen LogP contribution is 2.33. The van der Waals surface area contributed by atoms with Gasteiger partial charge in [-0.2, -0.15) is 0 Å². The molecule has 5 atom stereocenters. The maximum absolute atomic E-state index is 10.0. The summed E-state index contributed by atoms with van der Waals surface area (Å²) < 4.78 is 11.2. The van der Waals surface area contributed by atoms with Crippen LogP contribution in [0, 0.1) is 0 Å². The van der Waals surface area contributed by atoms with Gasteiger partial charge >= 0.3 is 0 Å². The van der Waals surface area contributed by atoms with Gasteiger partial charge in [-0.25, -0.2) is 0 Å². The van der Waals surface area contributed by atoms with E-state index in [0.717, 1.165) is 68.7 Å². The molecule has 3 rings (SSSR count). The largest absolute Gasteiger partial charge is 0.497 e. The molecular weight excluding hydrogens is 400 g/mol. The highest BCUT2D eigenvalue weighted by Gasteiger charge is 2.40. The molecular formula is C23H38N2O6. The number of benzene rings is 1. The van der Waals surface area contributed by atoms with Gasteiger partial charge in [-0.1, -0.05) is 12.8 Å². The minimum Gasteiger partial charge on any atom is -0.497 e. The van der Waals surface area contributed by atoms with Gasteiger partial charge in [0.2, 0.25) is 0 Å². The van der Waals surface area contributed by atoms with Crippen molar-refractivity contribution in [3.63, 3.8) is 0 Å². The fraction of sp³-hybridized carbons (Fsp3) is 0.739. The molecule has 176 valence electrons. The first-order valence-electron chi connectivity index (χ1n) is 11.5. The Hall–Kier alpha value is -1.42. The fourth-order valence-corrected chi connectivity index (χ4v) is 4.53. The van der Waals surface area contributed by atoms with Gasteiger partial charge in [0.1, 0.15) is 18.0 Å². The van der Waals surface area contributed by atoms with Gasteiger partial charge in [-0.15, -0.1) is 0 Å². The van der Waals surface area contributed by atoms with Gasteiger partial charge in [0.25, 0.3) is 0 Å². The van der Waals surface area contributed by atoms with Crippen molar-refractivity contribution >= 4 is 5.69 Å². The van der Waals surface area contributed by atoms with Gasteiger partial charge in [0, 0.05) is 31.5 Å². The molecule has 8 nitrogen and oxygen atoms in total. The quantitative estimate of drug-likeness (QED) is 0.328. The number of piperidine rings is 1. The van der Waals surface area contributed by atoms with Crippen molar-refractivity contribution in [1.29, 1.82) is 0 Å². The first-order chi connectivity index (χ1) is 15.0. The number of hydrogen-bond donors (Lipinski definition) is 5. The van der Waals surface area contributed by atoms with Gasteiger partial charge in [0.05, 0.1) is 32.0 Å². The highest BCUT2D eigenvalue weighted by molar-refractivity contribution is 5.52. The SMILES string of the molecule is COc1cc(NCCCCCCN2C[C@H](O)[C@@H](O)[C@H](O)[C@H]2CO)cc(C2CCCO2)c1. The lowest BCUT2D eigenvalue weighted by molar-refractivity contribution is -0.145. The molecule has 0 saturated carbocycles. The van der Waals surface area contributed by atoms with Gasteiger partial charge < -0.3 is 35.2 Å². The van der Waals surface area contributed by atoms with Crippen LogP contribution in [0.4, 0.5) is 5.69 Å². The third kappa shape index (κ3) is 6.54. The monoisotopic (exact) mass is 438 g/mol. The zero-order chi connectivity index (χ0) is 22.2. The molecule has 5 N–H and O–H groups in total. The number of nitrogens with one attached hydrogen (secondary N) is 1. The van der Waals surface area contributed by atoms with E-state index in [0.29, 0.717) is 6.54 Å². The van der Waals surface area contributed by atoms with Crippen molar-refractivity contribution in [2.24, 2.45) is 0 Å². The lowest BCUT2D eigenvalue weighted by atomic mass is 9.94. The molecule has 2 fully saturated rings. The minimum atomic E-state index is -1.20. The maximum atomic E-state index is 10.0. The number of hydrogen-bond acceptors (Lipinski definition) is 8. The summed E-state index contributed by atoms with van der Waals surface area (Å²) in [4.78, 5) is 1.88. The number of unbranched alkanes of at least 4 members (excludes halogenated alkanes) is 3. The van der Waals surface area contributed by atoms with E-state index in [2.05, 4.69) is 11.4 Å². The second kappa shape index (κ2) is 12.0. The van der Waals surface area contributed by atoms with Crippen LogP contribution in [0.5, 0.6) is 5.75 Å². The van der Waals surface area contributed by atoms with E-state index >= 15 is 0 Å². The van der Waals surface area contributed by atoms with Crippen LogP contribution in [0.25, 0.3) is 0 Å². The van der Waals surface area contributed by atoms with E-state index in [-0.39, 0.29) is 19.3 Å². The molecule has 2 aliphatic heterocycles. The first kappa shape index (κ1) is 24.2. The summed E-state index contributed by atoms with van der Waals surface area (Å²) in [6.07, 6.45) is 3.01. The van der Waals surface area contributed by atoms with Gasteiger partial charge in [-0.05, 0) is 49.9 Å². The molecule has 2 aliphatic rings. The van der Waals surface area contributed by atoms with Crippen LogP contribution in [-0.4, -0.2) is 89.6 Å². The third-order valence-corrected chi connectivity index (χ3v) is 6.38. The summed E-state index contributed by atoms with van der Waals surface area (Å²) in [6.45, 7) is 2.40. The number of likely N-dealkylation sites (tertiary alicyclic amines) is 1. The predicted octanol–water partition coefficient (Wildman–Crippen LogP) is 1.28. The van der Waals surface area contributed by atoms with Crippen LogP contribution in [-0.2, 0) is 4.74 Å². The molecule has 0 radical (unpaired) electrons. The van der Waals surface area contributed by atoms with Crippen molar-refractivity contribution in [3.05, 3.63) is 23.8 Å². The molecule has 0 aromatic heterocycles. The van der Waals surface area contributed by atoms with Crippen molar-refractivity contribution in [3.8, 4) is 5.75 Å². The maximum Gasteiger partial charge on any atom is 0.121 e. The van der Waals surface area contributed by atoms with Crippen molar-refractivity contribution < 1.29 is 29.9 Å². The second-order valence-corrected chi connectivity index (χ2v) is 8.63. The number of methoxy groups -OCH3 is 1. The molecule has 1 unspecified atom stereocenters. The van der Waals surface area contributed by atoms with Gasteiger partial charge in [-0.3, -0.25) is 4.90 Å². The minimum absolute atomic E-state index is 0.159. The van der Waals surface area contributed by atoms with Gasteiger partial charge in [0.15, 0.2) is 0 Å². The van der Waals surface area contributed by atoms with E-state index in [1.54, 1.807) is 7.11 Å². The Bertz CT molecular complexity index is 669. The van der Waals surface area contributed by atoms with E-state index in [1.807, 2.05) is 17.0 Å². The van der Waals surface area contributed by atoms with Crippen LogP contribution in [0.3, 0.4) is 0 Å². The molecule has 31 heavy (non-hydrogen) atoms. The molecule has 8 heteroatoms. The summed E-state index contributed by atoms with van der Waals surface area (Å²) in [5.41, 5.74) is 2.21. The average Bonchev–Trinajstić information content (AvgIpc) is 3.32. The van der Waals surface area contributed by atoms with E-state index in [9.17, 15) is 20.4 Å². The molecule has 2 heterocycles. The van der Waals surface area contributed by atoms with Crippen molar-refractivity contribution in [2.45, 2.75) is 69.0 Å². The Labute approximate surface area is 184 Å². The molecule has 1 aromatic rings. The first-order valence-corrected chi connectivity index (χ1v) is 11.5. The number of β-amino-alcohol motifs (C(OH)–C–C–N with tert-alkyl or cyclic N) is 1. The highest BCUT2D eigenvalue weighted by atomic mass is 16.5. The molecule has 0 bridgehead atoms. The normalized spacial score (nSPS) is 29.3. The average molecular weight is 439 g/mol.